The number of nitrogens with zero attached hydrogens (tertiary/aromatic N) is 3. The van der Waals surface area contributed by atoms with Gasteiger partial charge in [0.2, 0.25) is 0 Å². The molecule has 0 radical (unpaired) electrons. The number of hydrogen-bond donors (Lipinski definition) is 2. The zero-order valence-electron chi connectivity index (χ0n) is 13.6. The third kappa shape index (κ3) is 3.71. The summed E-state index contributed by atoms with van der Waals surface area (Å²) in [5.74, 6) is -0.123. The second-order valence-corrected chi connectivity index (χ2v) is 6.10. The molecule has 1 aliphatic heterocycles. The molecule has 0 atom stereocenters. The van der Waals surface area contributed by atoms with E-state index >= 15 is 0 Å². The van der Waals surface area contributed by atoms with E-state index in [1.807, 2.05) is 24.3 Å². The lowest BCUT2D eigenvalue weighted by Crippen LogP contribution is -2.48. The van der Waals surface area contributed by atoms with Crippen molar-refractivity contribution in [3.63, 3.8) is 0 Å². The van der Waals surface area contributed by atoms with Crippen LogP contribution in [-0.4, -0.2) is 53.2 Å². The standard InChI is InChI=1S/C17H23N5O/c1-13(2)21-7-9-22(10-8-21)16-5-3-14(4-6-16)17(23)20-15-11-18-19-12-15/h3-6,11-13H,7-10H2,1-2H3,(H,18,19)(H,20,23). The van der Waals surface area contributed by atoms with Crippen LogP contribution in [0.5, 0.6) is 0 Å². The van der Waals surface area contributed by atoms with Crippen LogP contribution in [0.1, 0.15) is 24.2 Å². The topological polar surface area (TPSA) is 64.3 Å². The molecule has 1 aromatic carbocycles. The monoisotopic (exact) mass is 313 g/mol. The molecule has 2 N–H and O–H groups in total. The first-order valence-electron chi connectivity index (χ1n) is 8.02. The maximum absolute atomic E-state index is 12.1. The predicted molar refractivity (Wildman–Crippen MR) is 91.9 cm³/mol. The van der Waals surface area contributed by atoms with E-state index in [1.54, 1.807) is 12.4 Å². The molecule has 2 heterocycles. The van der Waals surface area contributed by atoms with Crippen molar-refractivity contribution >= 4 is 17.3 Å². The van der Waals surface area contributed by atoms with E-state index in [9.17, 15) is 4.79 Å². The Kier molecular flexibility index (Phi) is 4.62. The number of hydrogen-bond acceptors (Lipinski definition) is 4. The van der Waals surface area contributed by atoms with Gasteiger partial charge in [0.15, 0.2) is 0 Å². The quantitative estimate of drug-likeness (QED) is 0.908. The first-order valence-corrected chi connectivity index (χ1v) is 8.02. The first kappa shape index (κ1) is 15.6. The molecular weight excluding hydrogens is 290 g/mol. The average molecular weight is 313 g/mol. The maximum Gasteiger partial charge on any atom is 0.255 e. The number of amides is 1. The van der Waals surface area contributed by atoms with Crippen LogP contribution in [-0.2, 0) is 0 Å². The molecule has 0 aliphatic carbocycles. The molecule has 0 bridgehead atoms. The molecule has 1 saturated heterocycles. The number of benzene rings is 1. The van der Waals surface area contributed by atoms with Gasteiger partial charge in [-0.15, -0.1) is 0 Å². The highest BCUT2D eigenvalue weighted by atomic mass is 16.1. The van der Waals surface area contributed by atoms with E-state index in [4.69, 9.17) is 0 Å². The number of aromatic nitrogens is 2. The fourth-order valence-electron chi connectivity index (χ4n) is 2.84. The van der Waals surface area contributed by atoms with Gasteiger partial charge < -0.3 is 10.2 Å². The van der Waals surface area contributed by atoms with Gasteiger partial charge in [0, 0.05) is 49.7 Å². The van der Waals surface area contributed by atoms with Gasteiger partial charge in [0.05, 0.1) is 11.9 Å². The zero-order chi connectivity index (χ0) is 16.2. The number of nitrogens with one attached hydrogen (secondary N) is 2. The first-order chi connectivity index (χ1) is 11.1. The molecule has 23 heavy (non-hydrogen) atoms. The number of H-pyrrole nitrogens is 1. The van der Waals surface area contributed by atoms with Crippen LogP contribution < -0.4 is 10.2 Å². The van der Waals surface area contributed by atoms with Crippen LogP contribution in [0.3, 0.4) is 0 Å². The Morgan fingerprint density at radius 2 is 1.87 bits per heavy atom. The fourth-order valence-corrected chi connectivity index (χ4v) is 2.84. The van der Waals surface area contributed by atoms with Gasteiger partial charge in [0.25, 0.3) is 5.91 Å². The molecule has 1 amide bonds. The van der Waals surface area contributed by atoms with Crippen molar-refractivity contribution in [3.8, 4) is 0 Å². The number of carbonyl (C=O) groups excluding carboxylic acids is 1. The van der Waals surface area contributed by atoms with Crippen LogP contribution in [0.2, 0.25) is 0 Å². The van der Waals surface area contributed by atoms with E-state index in [2.05, 4.69) is 39.2 Å². The molecule has 1 aromatic heterocycles. The largest absolute Gasteiger partial charge is 0.369 e. The van der Waals surface area contributed by atoms with Crippen molar-refractivity contribution < 1.29 is 4.79 Å². The Balaban J connectivity index is 1.60. The summed E-state index contributed by atoms with van der Waals surface area (Å²) in [4.78, 5) is 17.0. The summed E-state index contributed by atoms with van der Waals surface area (Å²) in [5.41, 5.74) is 2.49. The minimum absolute atomic E-state index is 0.123. The van der Waals surface area contributed by atoms with E-state index in [-0.39, 0.29) is 5.91 Å². The lowest BCUT2D eigenvalue weighted by Gasteiger charge is -2.38. The Morgan fingerprint density at radius 3 is 2.43 bits per heavy atom. The Bertz CT molecular complexity index is 628. The Morgan fingerprint density at radius 1 is 1.17 bits per heavy atom. The highest BCUT2D eigenvalue weighted by molar-refractivity contribution is 6.04. The van der Waals surface area contributed by atoms with E-state index in [0.29, 0.717) is 17.3 Å². The summed E-state index contributed by atoms with van der Waals surface area (Å²) in [5, 5.41) is 9.29. The predicted octanol–water partition coefficient (Wildman–Crippen LogP) is 2.19. The van der Waals surface area contributed by atoms with Crippen molar-refractivity contribution in [2.45, 2.75) is 19.9 Å². The highest BCUT2D eigenvalue weighted by Gasteiger charge is 2.19. The average Bonchev–Trinajstić information content (AvgIpc) is 3.08. The maximum atomic E-state index is 12.1. The van der Waals surface area contributed by atoms with Gasteiger partial charge in [-0.3, -0.25) is 14.8 Å². The zero-order valence-corrected chi connectivity index (χ0v) is 13.6. The Labute approximate surface area is 136 Å². The molecule has 1 aliphatic rings. The molecule has 122 valence electrons. The highest BCUT2D eigenvalue weighted by Crippen LogP contribution is 2.18. The molecule has 1 fully saturated rings. The minimum atomic E-state index is -0.123. The number of piperazine rings is 1. The summed E-state index contributed by atoms with van der Waals surface area (Å²) < 4.78 is 0. The second-order valence-electron chi connectivity index (χ2n) is 6.10. The second kappa shape index (κ2) is 6.83. The third-order valence-corrected chi connectivity index (χ3v) is 4.30. The van der Waals surface area contributed by atoms with Gasteiger partial charge in [0.1, 0.15) is 0 Å². The van der Waals surface area contributed by atoms with Crippen molar-refractivity contribution in [1.82, 2.24) is 15.1 Å². The summed E-state index contributed by atoms with van der Waals surface area (Å²) in [6.07, 6.45) is 3.24. The number of aromatic amines is 1. The summed E-state index contributed by atoms with van der Waals surface area (Å²) in [7, 11) is 0. The van der Waals surface area contributed by atoms with Crippen molar-refractivity contribution in [2.75, 3.05) is 36.4 Å². The lowest BCUT2D eigenvalue weighted by molar-refractivity contribution is 0.102. The molecule has 3 rings (SSSR count). The minimum Gasteiger partial charge on any atom is -0.369 e. The molecular formula is C17H23N5O. The van der Waals surface area contributed by atoms with Gasteiger partial charge >= 0.3 is 0 Å². The summed E-state index contributed by atoms with van der Waals surface area (Å²) >= 11 is 0. The molecule has 2 aromatic rings. The third-order valence-electron chi connectivity index (χ3n) is 4.30. The molecule has 6 heteroatoms. The van der Waals surface area contributed by atoms with Gasteiger partial charge in [-0.2, -0.15) is 5.10 Å². The normalized spacial score (nSPS) is 15.9. The summed E-state index contributed by atoms with van der Waals surface area (Å²) in [6.45, 7) is 8.70. The fraction of sp³-hybridized carbons (Fsp3) is 0.412. The van der Waals surface area contributed by atoms with Crippen LogP contribution in [0.4, 0.5) is 11.4 Å². The van der Waals surface area contributed by atoms with Crippen LogP contribution in [0.15, 0.2) is 36.7 Å². The molecule has 0 spiro atoms. The molecule has 0 unspecified atom stereocenters. The lowest BCUT2D eigenvalue weighted by atomic mass is 10.1. The van der Waals surface area contributed by atoms with E-state index in [1.165, 1.54) is 5.69 Å². The van der Waals surface area contributed by atoms with Gasteiger partial charge in [-0.1, -0.05) is 0 Å². The van der Waals surface area contributed by atoms with E-state index in [0.717, 1.165) is 26.2 Å². The van der Waals surface area contributed by atoms with Crippen LogP contribution in [0.25, 0.3) is 0 Å². The van der Waals surface area contributed by atoms with Crippen molar-refractivity contribution in [1.29, 1.82) is 0 Å². The van der Waals surface area contributed by atoms with Gasteiger partial charge in [-0.25, -0.2) is 0 Å². The van der Waals surface area contributed by atoms with Crippen LogP contribution in [0, 0.1) is 0 Å². The number of rotatable bonds is 4. The van der Waals surface area contributed by atoms with Crippen molar-refractivity contribution in [3.05, 3.63) is 42.2 Å². The molecule has 6 nitrogen and oxygen atoms in total. The SMILES string of the molecule is CC(C)N1CCN(c2ccc(C(=O)Nc3cn[nH]c3)cc2)CC1. The van der Waals surface area contributed by atoms with Gasteiger partial charge in [-0.05, 0) is 38.1 Å². The Hall–Kier alpha value is -2.34. The van der Waals surface area contributed by atoms with E-state index < -0.39 is 0 Å². The van der Waals surface area contributed by atoms with Crippen LogP contribution >= 0.6 is 0 Å². The van der Waals surface area contributed by atoms with Crippen molar-refractivity contribution in [2.24, 2.45) is 0 Å². The number of carbonyl (C=O) groups is 1. The smallest absolute Gasteiger partial charge is 0.255 e. The summed E-state index contributed by atoms with van der Waals surface area (Å²) in [6, 6.07) is 8.40. The number of anilines is 2. The molecule has 0 saturated carbocycles.